The van der Waals surface area contributed by atoms with Crippen LogP contribution in [0.5, 0.6) is 0 Å². The molecule has 30 rings (SSSR count). The summed E-state index contributed by atoms with van der Waals surface area (Å²) in [7, 11) is 0. The summed E-state index contributed by atoms with van der Waals surface area (Å²) in [6.07, 6.45) is 0. The zero-order chi connectivity index (χ0) is 84.4. The van der Waals surface area contributed by atoms with Crippen LogP contribution >= 0.6 is 0 Å². The Morgan fingerprint density at radius 1 is 0.100 bits per heavy atom. The molecule has 2 nitrogen and oxygen atoms in total. The van der Waals surface area contributed by atoms with Gasteiger partial charge in [0.05, 0.1) is 0 Å². The molecule has 0 N–H and O–H groups in total. The number of rotatable bonds is 9. The lowest BCUT2D eigenvalue weighted by molar-refractivity contribution is 0.668. The SMILES string of the molecule is c1ccc(-c2c3cc4c5ccccc5c5cccc(c3c(-c3ccc(-c6ccc(-c7c8cc9c%10ccccc%10c%10cccc(c8c(-c8ccccc8)c8c%11ccc(-c%12ccc(-c%13ccc%14oc%15ccccc%15c%14c%13)c%13ccccc%12%13)c%12cccc(c78)c%12%11)c%109)cc6)cc3)c3c6cccc7c(-c8ccc(-c9ccc%10oc%11ccccc%11c%10c9)c9ccccc89)ccc(c23)c76)c54)cc1. The summed E-state index contributed by atoms with van der Waals surface area (Å²) in [6.45, 7) is 0. The summed E-state index contributed by atoms with van der Waals surface area (Å²) in [4.78, 5) is 0. The van der Waals surface area contributed by atoms with Gasteiger partial charge < -0.3 is 8.83 Å². The maximum atomic E-state index is 6.36. The van der Waals surface area contributed by atoms with Crippen LogP contribution in [0.1, 0.15) is 0 Å². The molecule has 0 saturated carbocycles. The van der Waals surface area contributed by atoms with Gasteiger partial charge in [0.2, 0.25) is 0 Å². The number of fused-ring (bicyclic) bond motifs is 24. The first-order valence-electron chi connectivity index (χ1n) is 45.2. The zero-order valence-electron chi connectivity index (χ0n) is 70.2. The molecule has 0 aliphatic carbocycles. The molecule has 0 unspecified atom stereocenters. The van der Waals surface area contributed by atoms with Crippen molar-refractivity contribution in [1.82, 2.24) is 0 Å². The van der Waals surface area contributed by atoms with Gasteiger partial charge in [-0.25, -0.2) is 0 Å². The van der Waals surface area contributed by atoms with Gasteiger partial charge in [-0.15, -0.1) is 0 Å². The maximum absolute atomic E-state index is 6.36. The number of para-hydroxylation sites is 2. The van der Waals surface area contributed by atoms with Crippen molar-refractivity contribution < 1.29 is 8.83 Å². The third-order valence-corrected chi connectivity index (χ3v) is 29.6. The van der Waals surface area contributed by atoms with Crippen LogP contribution in [0.15, 0.2) is 433 Å². The third-order valence-electron chi connectivity index (χ3n) is 29.6. The molecule has 0 spiro atoms. The Bertz CT molecular complexity index is 10200. The average Bonchev–Trinajstić information content (AvgIpc) is 1.52. The van der Waals surface area contributed by atoms with Crippen LogP contribution in [-0.2, 0) is 0 Å². The van der Waals surface area contributed by atoms with Gasteiger partial charge in [0.15, 0.2) is 0 Å². The summed E-state index contributed by atoms with van der Waals surface area (Å²) in [6, 6.07) is 161. The summed E-state index contributed by atoms with van der Waals surface area (Å²) in [5, 5.41) is 45.0. The monoisotopic (exact) mass is 1640 g/mol. The third kappa shape index (κ3) is 9.54. The van der Waals surface area contributed by atoms with E-state index in [0.29, 0.717) is 0 Å². The van der Waals surface area contributed by atoms with Crippen molar-refractivity contribution in [1.29, 1.82) is 0 Å². The summed E-state index contributed by atoms with van der Waals surface area (Å²) < 4.78 is 12.7. The Kier molecular flexibility index (Phi) is 14.2. The number of furan rings is 2. The van der Waals surface area contributed by atoms with Gasteiger partial charge in [-0.1, -0.05) is 376 Å². The molecule has 0 bridgehead atoms. The van der Waals surface area contributed by atoms with Gasteiger partial charge >= 0.3 is 0 Å². The Morgan fingerprint density at radius 3 is 0.777 bits per heavy atom. The van der Waals surface area contributed by atoms with Crippen molar-refractivity contribution in [3.05, 3.63) is 425 Å². The van der Waals surface area contributed by atoms with E-state index in [4.69, 9.17) is 8.83 Å². The number of hydrogen-bond acceptors (Lipinski definition) is 2. The molecule has 30 aromatic rings. The van der Waals surface area contributed by atoms with E-state index in [0.717, 1.165) is 66.1 Å². The van der Waals surface area contributed by atoms with E-state index >= 15 is 0 Å². The van der Waals surface area contributed by atoms with Crippen molar-refractivity contribution in [2.75, 3.05) is 0 Å². The first-order chi connectivity index (χ1) is 64.5. The zero-order valence-corrected chi connectivity index (χ0v) is 70.2. The molecule has 0 amide bonds. The van der Waals surface area contributed by atoms with E-state index in [1.807, 2.05) is 12.1 Å². The van der Waals surface area contributed by atoms with E-state index in [1.165, 1.54) is 250 Å². The quantitative estimate of drug-likeness (QED) is 0.135. The molecule has 0 radical (unpaired) electrons. The molecule has 0 aliphatic rings. The summed E-state index contributed by atoms with van der Waals surface area (Å²) in [5.74, 6) is 0. The van der Waals surface area contributed by atoms with Gasteiger partial charge in [-0.2, -0.15) is 0 Å². The van der Waals surface area contributed by atoms with Crippen molar-refractivity contribution in [2.45, 2.75) is 0 Å². The van der Waals surface area contributed by atoms with E-state index in [2.05, 4.69) is 413 Å². The highest BCUT2D eigenvalue weighted by atomic mass is 16.3. The lowest BCUT2D eigenvalue weighted by Crippen LogP contribution is -1.92. The van der Waals surface area contributed by atoms with Crippen molar-refractivity contribution in [3.63, 3.8) is 0 Å². The minimum Gasteiger partial charge on any atom is -0.456 e. The standard InChI is InChI=1S/C128H70O2/c1-3-23-73(24-4-1)115-109-69-107-87-33-13-11-31-85(87)96-38-20-42-100(122(96)107)124(109)118(127-102-44-22-40-98-91(61-63-103(120(98)102)126(115)127)89-59-57-79(81-27-7-9-29-83(81)89)77-55-65-113-105(67-77)93-35-15-17-45-111(93)129-113)76-53-49-72(50-54-76)71-47-51-75(52-48-71)116-110-70-108-88-34-14-12-32-86(88)95-37-19-41-99(121(95)108)123(110)117(74-25-5-2-6-26-74)128-104-64-62-92(97-39-21-43-101(119(97)104)125(116)128)90-60-58-80(82-28-8-10-30-84(82)90)78-56-66-114-106(68-78)94-36-16-18-46-112(94)130-114/h1-70H. The van der Waals surface area contributed by atoms with Crippen LogP contribution in [0, 0.1) is 0 Å². The molecule has 2 heterocycles. The highest BCUT2D eigenvalue weighted by molar-refractivity contribution is 6.48. The second-order valence-electron chi connectivity index (χ2n) is 35.9. The van der Waals surface area contributed by atoms with Crippen molar-refractivity contribution >= 4 is 216 Å². The molecular formula is C128H70O2. The van der Waals surface area contributed by atoms with Crippen molar-refractivity contribution in [2.24, 2.45) is 0 Å². The van der Waals surface area contributed by atoms with Gasteiger partial charge in [0.25, 0.3) is 0 Å². The normalized spacial score (nSPS) is 12.5. The van der Waals surface area contributed by atoms with Crippen LogP contribution in [0.3, 0.4) is 0 Å². The predicted molar refractivity (Wildman–Crippen MR) is 555 cm³/mol. The fraction of sp³-hybridized carbons (Fsp3) is 0. The first-order valence-corrected chi connectivity index (χ1v) is 45.2. The van der Waals surface area contributed by atoms with Crippen LogP contribution in [0.25, 0.3) is 316 Å². The van der Waals surface area contributed by atoms with Crippen LogP contribution < -0.4 is 0 Å². The van der Waals surface area contributed by atoms with Gasteiger partial charge in [-0.3, -0.25) is 0 Å². The second-order valence-corrected chi connectivity index (χ2v) is 35.9. The fourth-order valence-electron chi connectivity index (χ4n) is 24.3. The van der Waals surface area contributed by atoms with Gasteiger partial charge in [0.1, 0.15) is 22.3 Å². The lowest BCUT2D eigenvalue weighted by atomic mass is 9.83. The molecule has 0 atom stereocenters. The Labute approximate surface area is 744 Å². The topological polar surface area (TPSA) is 26.3 Å². The maximum Gasteiger partial charge on any atom is 0.135 e. The Balaban J connectivity index is 0.624. The van der Waals surface area contributed by atoms with E-state index < -0.39 is 0 Å². The molecular weight excluding hydrogens is 1570 g/mol. The van der Waals surface area contributed by atoms with E-state index in [1.54, 1.807) is 0 Å². The second kappa shape index (κ2) is 26.3. The molecule has 28 aromatic carbocycles. The molecule has 130 heavy (non-hydrogen) atoms. The van der Waals surface area contributed by atoms with Crippen LogP contribution in [-0.4, -0.2) is 0 Å². The van der Waals surface area contributed by atoms with Crippen molar-refractivity contribution in [3.8, 4) is 100 Å². The van der Waals surface area contributed by atoms with E-state index in [9.17, 15) is 0 Å². The Hall–Kier alpha value is -17.0. The highest BCUT2D eigenvalue weighted by Gasteiger charge is 2.32. The summed E-state index contributed by atoms with van der Waals surface area (Å²) in [5.41, 5.74) is 25.3. The number of benzene rings is 24. The fourth-order valence-corrected chi connectivity index (χ4v) is 24.3. The van der Waals surface area contributed by atoms with E-state index in [-0.39, 0.29) is 0 Å². The van der Waals surface area contributed by atoms with Crippen LogP contribution in [0.4, 0.5) is 0 Å². The predicted octanol–water partition coefficient (Wildman–Crippen LogP) is 36.7. The smallest absolute Gasteiger partial charge is 0.135 e. The van der Waals surface area contributed by atoms with Gasteiger partial charge in [-0.05, 0) is 321 Å². The molecule has 594 valence electrons. The largest absolute Gasteiger partial charge is 0.456 e. The summed E-state index contributed by atoms with van der Waals surface area (Å²) >= 11 is 0. The minimum absolute atomic E-state index is 0.897. The molecule has 2 heteroatoms. The average molecular weight is 1640 g/mol. The lowest BCUT2D eigenvalue weighted by Gasteiger charge is -2.19. The van der Waals surface area contributed by atoms with Crippen LogP contribution in [0.2, 0.25) is 0 Å². The molecule has 0 fully saturated rings. The Morgan fingerprint density at radius 2 is 0.354 bits per heavy atom. The molecule has 2 aromatic heterocycles. The highest BCUT2D eigenvalue weighted by Crippen LogP contribution is 2.60. The van der Waals surface area contributed by atoms with Gasteiger partial charge in [0, 0.05) is 21.5 Å². The number of hydrogen-bond donors (Lipinski definition) is 0. The molecule has 0 saturated heterocycles. The first kappa shape index (κ1) is 70.3. The minimum atomic E-state index is 0.897. The molecule has 0 aliphatic heterocycles.